The Morgan fingerprint density at radius 2 is 2.45 bits per heavy atom. The van der Waals surface area contributed by atoms with Crippen LogP contribution in [0, 0.1) is 8.80 Å². The molecule has 0 aromatic carbocycles. The zero-order valence-electron chi connectivity index (χ0n) is 12.1. The third kappa shape index (κ3) is 4.89. The van der Waals surface area contributed by atoms with Crippen molar-refractivity contribution in [2.45, 2.75) is 12.8 Å². The Morgan fingerprint density at radius 1 is 1.60 bits per heavy atom. The van der Waals surface area contributed by atoms with Gasteiger partial charge in [0, 0.05) is 44.6 Å². The standard InChI is InChI=1S/C14H22IN3OS/c1-16-14(18(2)9-11-6-8-19-10-11)17-7-5-12-3-4-13(15)20-12/h3-4,11H,5-10H2,1-2H3,(H,16,17). The number of hydrogen-bond acceptors (Lipinski definition) is 3. The number of thiophene rings is 1. The topological polar surface area (TPSA) is 36.9 Å². The number of nitrogens with one attached hydrogen (secondary N) is 1. The van der Waals surface area contributed by atoms with Crippen LogP contribution in [0.3, 0.4) is 0 Å². The molecule has 4 nitrogen and oxygen atoms in total. The molecule has 0 bridgehead atoms. The summed E-state index contributed by atoms with van der Waals surface area (Å²) >= 11 is 4.22. The van der Waals surface area contributed by atoms with Gasteiger partial charge in [0.1, 0.15) is 0 Å². The summed E-state index contributed by atoms with van der Waals surface area (Å²) in [5, 5.41) is 3.44. The lowest BCUT2D eigenvalue weighted by atomic mass is 10.1. The molecule has 1 saturated heterocycles. The van der Waals surface area contributed by atoms with Gasteiger partial charge in [0.25, 0.3) is 0 Å². The van der Waals surface area contributed by atoms with E-state index in [0.29, 0.717) is 5.92 Å². The van der Waals surface area contributed by atoms with Crippen molar-refractivity contribution >= 4 is 39.9 Å². The first-order valence-corrected chi connectivity index (χ1v) is 8.82. The van der Waals surface area contributed by atoms with Gasteiger partial charge in [0.15, 0.2) is 5.96 Å². The van der Waals surface area contributed by atoms with Gasteiger partial charge < -0.3 is 15.0 Å². The number of nitrogens with zero attached hydrogens (tertiary/aromatic N) is 2. The number of aliphatic imine (C=N–C) groups is 1. The number of halogens is 1. The van der Waals surface area contributed by atoms with Crippen molar-refractivity contribution in [2.24, 2.45) is 10.9 Å². The lowest BCUT2D eigenvalue weighted by Crippen LogP contribution is -2.42. The van der Waals surface area contributed by atoms with Crippen LogP contribution in [0.15, 0.2) is 17.1 Å². The maximum absolute atomic E-state index is 5.43. The van der Waals surface area contributed by atoms with Crippen LogP contribution in [-0.4, -0.2) is 51.3 Å². The van der Waals surface area contributed by atoms with Gasteiger partial charge in [-0.2, -0.15) is 0 Å². The van der Waals surface area contributed by atoms with E-state index in [9.17, 15) is 0 Å². The van der Waals surface area contributed by atoms with Gasteiger partial charge in [0.2, 0.25) is 0 Å². The Kier molecular flexibility index (Phi) is 6.57. The van der Waals surface area contributed by atoms with Gasteiger partial charge in [-0.05, 0) is 47.6 Å². The van der Waals surface area contributed by atoms with Crippen LogP contribution in [0.1, 0.15) is 11.3 Å². The zero-order chi connectivity index (χ0) is 14.4. The quantitative estimate of drug-likeness (QED) is 0.463. The van der Waals surface area contributed by atoms with Crippen molar-refractivity contribution in [3.8, 4) is 0 Å². The van der Waals surface area contributed by atoms with Gasteiger partial charge in [-0.3, -0.25) is 4.99 Å². The predicted octanol–water partition coefficient (Wildman–Crippen LogP) is 2.44. The summed E-state index contributed by atoms with van der Waals surface area (Å²) < 4.78 is 6.77. The number of hydrogen-bond donors (Lipinski definition) is 1. The van der Waals surface area contributed by atoms with E-state index in [1.165, 1.54) is 7.76 Å². The Bertz CT molecular complexity index is 443. The molecule has 0 radical (unpaired) electrons. The highest BCUT2D eigenvalue weighted by Crippen LogP contribution is 2.18. The fourth-order valence-corrected chi connectivity index (χ4v) is 4.12. The minimum absolute atomic E-state index is 0.637. The third-order valence-corrected chi connectivity index (χ3v) is 5.37. The molecule has 2 rings (SSSR count). The van der Waals surface area contributed by atoms with Gasteiger partial charge >= 0.3 is 0 Å². The molecular weight excluding hydrogens is 385 g/mol. The molecule has 0 spiro atoms. The molecule has 1 fully saturated rings. The van der Waals surface area contributed by atoms with Crippen LogP contribution in [0.2, 0.25) is 0 Å². The van der Waals surface area contributed by atoms with Crippen LogP contribution >= 0.6 is 33.9 Å². The average Bonchev–Trinajstić information content (AvgIpc) is 3.06. The first-order valence-electron chi connectivity index (χ1n) is 6.92. The van der Waals surface area contributed by atoms with E-state index in [4.69, 9.17) is 4.74 Å². The highest BCUT2D eigenvalue weighted by Gasteiger charge is 2.18. The molecule has 20 heavy (non-hydrogen) atoms. The lowest BCUT2D eigenvalue weighted by Gasteiger charge is -2.24. The molecule has 1 aliphatic rings. The fraction of sp³-hybridized carbons (Fsp3) is 0.643. The van der Waals surface area contributed by atoms with E-state index in [-0.39, 0.29) is 0 Å². The number of guanidine groups is 1. The first kappa shape index (κ1) is 16.0. The molecule has 1 atom stereocenters. The molecule has 0 amide bonds. The lowest BCUT2D eigenvalue weighted by molar-refractivity contribution is 0.181. The van der Waals surface area contributed by atoms with E-state index >= 15 is 0 Å². The van der Waals surface area contributed by atoms with Crippen molar-refractivity contribution in [1.82, 2.24) is 10.2 Å². The minimum atomic E-state index is 0.637. The summed E-state index contributed by atoms with van der Waals surface area (Å²) in [7, 11) is 3.94. The van der Waals surface area contributed by atoms with Gasteiger partial charge in [-0.25, -0.2) is 0 Å². The maximum atomic E-state index is 5.43. The highest BCUT2D eigenvalue weighted by atomic mass is 127. The van der Waals surface area contributed by atoms with Crippen molar-refractivity contribution < 1.29 is 4.74 Å². The summed E-state index contributed by atoms with van der Waals surface area (Å²) in [4.78, 5) is 7.99. The van der Waals surface area contributed by atoms with Crippen LogP contribution < -0.4 is 5.32 Å². The monoisotopic (exact) mass is 407 g/mol. The summed E-state index contributed by atoms with van der Waals surface area (Å²) in [6.07, 6.45) is 2.21. The van der Waals surface area contributed by atoms with E-state index in [0.717, 1.165) is 45.1 Å². The van der Waals surface area contributed by atoms with Crippen molar-refractivity contribution in [3.63, 3.8) is 0 Å². The minimum Gasteiger partial charge on any atom is -0.381 e. The van der Waals surface area contributed by atoms with Crippen molar-refractivity contribution in [2.75, 3.05) is 40.4 Å². The van der Waals surface area contributed by atoms with Crippen molar-refractivity contribution in [3.05, 3.63) is 19.9 Å². The largest absolute Gasteiger partial charge is 0.381 e. The smallest absolute Gasteiger partial charge is 0.193 e. The van der Waals surface area contributed by atoms with E-state index in [1.807, 2.05) is 18.4 Å². The van der Waals surface area contributed by atoms with Gasteiger partial charge in [-0.15, -0.1) is 11.3 Å². The van der Waals surface area contributed by atoms with E-state index in [1.54, 1.807) is 0 Å². The van der Waals surface area contributed by atoms with E-state index < -0.39 is 0 Å². The van der Waals surface area contributed by atoms with Crippen LogP contribution in [0.4, 0.5) is 0 Å². The van der Waals surface area contributed by atoms with Gasteiger partial charge in [0.05, 0.1) is 9.49 Å². The van der Waals surface area contributed by atoms with Crippen molar-refractivity contribution in [1.29, 1.82) is 0 Å². The first-order chi connectivity index (χ1) is 9.69. The molecule has 2 heterocycles. The highest BCUT2D eigenvalue weighted by molar-refractivity contribution is 14.1. The van der Waals surface area contributed by atoms with Crippen LogP contribution in [0.5, 0.6) is 0 Å². The molecule has 1 aromatic heterocycles. The molecule has 1 N–H and O–H groups in total. The Hall–Kier alpha value is -0.340. The Morgan fingerprint density at radius 3 is 3.05 bits per heavy atom. The summed E-state index contributed by atoms with van der Waals surface area (Å²) in [6, 6.07) is 4.37. The second-order valence-corrected chi connectivity index (χ2v) is 8.10. The second kappa shape index (κ2) is 8.19. The van der Waals surface area contributed by atoms with E-state index in [2.05, 4.69) is 57.0 Å². The second-order valence-electron chi connectivity index (χ2n) is 5.04. The normalized spacial score (nSPS) is 19.4. The number of ether oxygens (including phenoxy) is 1. The molecule has 1 aliphatic heterocycles. The Labute approximate surface area is 138 Å². The fourth-order valence-electron chi connectivity index (χ4n) is 2.37. The van der Waals surface area contributed by atoms with Crippen LogP contribution in [0.25, 0.3) is 0 Å². The average molecular weight is 407 g/mol. The summed E-state index contributed by atoms with van der Waals surface area (Å²) in [6.45, 7) is 3.72. The molecule has 112 valence electrons. The molecule has 6 heteroatoms. The number of rotatable bonds is 5. The zero-order valence-corrected chi connectivity index (χ0v) is 15.0. The molecule has 0 saturated carbocycles. The SMILES string of the molecule is CN=C(NCCc1ccc(I)s1)N(C)CC1CCOC1. The molecule has 1 aromatic rings. The predicted molar refractivity (Wildman–Crippen MR) is 93.7 cm³/mol. The molecule has 0 aliphatic carbocycles. The van der Waals surface area contributed by atoms with Crippen LogP contribution in [-0.2, 0) is 11.2 Å². The van der Waals surface area contributed by atoms with Gasteiger partial charge in [-0.1, -0.05) is 0 Å². The maximum Gasteiger partial charge on any atom is 0.193 e. The third-order valence-electron chi connectivity index (χ3n) is 3.41. The molecule has 1 unspecified atom stereocenters. The molecular formula is C14H22IN3OS. The Balaban J connectivity index is 1.73. The summed E-state index contributed by atoms with van der Waals surface area (Å²) in [5.74, 6) is 1.61. The summed E-state index contributed by atoms with van der Waals surface area (Å²) in [5.41, 5.74) is 0.